The number of thioether (sulfide) groups is 1. The van der Waals surface area contributed by atoms with E-state index in [9.17, 15) is 19.2 Å². The number of esters is 2. The Bertz CT molecular complexity index is 946. The van der Waals surface area contributed by atoms with Crippen molar-refractivity contribution in [3.8, 4) is 0 Å². The molecule has 1 atom stereocenters. The molecule has 9 nitrogen and oxygen atoms in total. The van der Waals surface area contributed by atoms with Crippen LogP contribution in [0.4, 0.5) is 10.5 Å². The maximum absolute atomic E-state index is 13.1. The van der Waals surface area contributed by atoms with Gasteiger partial charge in [-0.15, -0.1) is 0 Å². The molecule has 2 N–H and O–H groups in total. The molecular weight excluding hydrogens is 398 g/mol. The zero-order chi connectivity index (χ0) is 20.6. The Morgan fingerprint density at radius 3 is 2.83 bits per heavy atom. The van der Waals surface area contributed by atoms with Gasteiger partial charge in [-0.05, 0) is 19.1 Å². The fourth-order valence-electron chi connectivity index (χ4n) is 3.59. The van der Waals surface area contributed by atoms with Crippen LogP contribution < -0.4 is 15.5 Å². The molecule has 29 heavy (non-hydrogen) atoms. The third-order valence-electron chi connectivity index (χ3n) is 4.92. The number of urea groups is 1. The number of nitrogens with one attached hydrogen (secondary N) is 2. The first-order valence-electron chi connectivity index (χ1n) is 9.18. The number of rotatable bonds is 5. The monoisotopic (exact) mass is 417 g/mol. The van der Waals surface area contributed by atoms with Crippen molar-refractivity contribution in [2.24, 2.45) is 0 Å². The Labute approximate surface area is 170 Å². The van der Waals surface area contributed by atoms with Gasteiger partial charge in [-0.25, -0.2) is 14.4 Å². The van der Waals surface area contributed by atoms with Crippen molar-refractivity contribution in [1.82, 2.24) is 10.6 Å². The Hall–Kier alpha value is -3.01. The number of benzene rings is 1. The van der Waals surface area contributed by atoms with Crippen LogP contribution in [0.15, 0.2) is 40.4 Å². The second kappa shape index (κ2) is 7.43. The molecule has 0 bridgehead atoms. The van der Waals surface area contributed by atoms with Crippen LogP contribution in [0.25, 0.3) is 0 Å². The number of ether oxygens (including phenoxy) is 2. The second-order valence-electron chi connectivity index (χ2n) is 6.64. The number of hydrogen-bond acceptors (Lipinski definition) is 7. The van der Waals surface area contributed by atoms with Crippen molar-refractivity contribution >= 4 is 41.3 Å². The summed E-state index contributed by atoms with van der Waals surface area (Å²) in [5, 5.41) is 4.99. The Morgan fingerprint density at radius 1 is 1.24 bits per heavy atom. The molecule has 10 heteroatoms. The number of nitrogens with zero attached hydrogens (tertiary/aromatic N) is 1. The van der Waals surface area contributed by atoms with Crippen LogP contribution in [0.2, 0.25) is 0 Å². The first-order chi connectivity index (χ1) is 14.0. The molecule has 3 aliphatic heterocycles. The van der Waals surface area contributed by atoms with Crippen molar-refractivity contribution in [1.29, 1.82) is 0 Å². The third-order valence-corrected chi connectivity index (χ3v) is 6.37. The minimum atomic E-state index is -1.16. The standard InChI is InChI=1S/C19H19N3O6S/c1-2-27-16(24)11-9-20-18(26)21-12(11)10-28-17(25)19-8-7-15(23)22(19)13-5-3-4-6-14(13)29-19/h3-6H,2,7-10H2,1H3,(H2,20,21,26)/t19-/m0/s1. The molecule has 0 saturated carbocycles. The average molecular weight is 417 g/mol. The topological polar surface area (TPSA) is 114 Å². The van der Waals surface area contributed by atoms with Gasteiger partial charge in [0, 0.05) is 17.7 Å². The molecule has 0 spiro atoms. The van der Waals surface area contributed by atoms with E-state index < -0.39 is 22.8 Å². The summed E-state index contributed by atoms with van der Waals surface area (Å²) in [5.41, 5.74) is 1.06. The molecule has 3 amide bonds. The molecule has 1 aromatic rings. The summed E-state index contributed by atoms with van der Waals surface area (Å²) in [7, 11) is 0. The third kappa shape index (κ3) is 3.23. The minimum absolute atomic E-state index is 0.0203. The first-order valence-corrected chi connectivity index (χ1v) is 10.00. The van der Waals surface area contributed by atoms with Gasteiger partial charge in [0.1, 0.15) is 6.61 Å². The fraction of sp³-hybridized carbons (Fsp3) is 0.368. The highest BCUT2D eigenvalue weighted by molar-refractivity contribution is 8.02. The van der Waals surface area contributed by atoms with Crippen molar-refractivity contribution in [2.45, 2.75) is 29.5 Å². The van der Waals surface area contributed by atoms with Crippen molar-refractivity contribution < 1.29 is 28.7 Å². The quantitative estimate of drug-likeness (QED) is 0.694. The summed E-state index contributed by atoms with van der Waals surface area (Å²) >= 11 is 1.29. The van der Waals surface area contributed by atoms with Crippen LogP contribution in [0, 0.1) is 0 Å². The lowest BCUT2D eigenvalue weighted by atomic mass is 10.1. The predicted molar refractivity (Wildman–Crippen MR) is 103 cm³/mol. The van der Waals surface area contributed by atoms with E-state index in [1.54, 1.807) is 13.0 Å². The van der Waals surface area contributed by atoms with E-state index in [-0.39, 0.29) is 43.4 Å². The molecular formula is C19H19N3O6S. The molecule has 4 rings (SSSR count). The predicted octanol–water partition coefficient (Wildman–Crippen LogP) is 1.29. The normalized spacial score (nSPS) is 22.6. The minimum Gasteiger partial charge on any atom is -0.463 e. The molecule has 0 radical (unpaired) electrons. The molecule has 0 aliphatic carbocycles. The van der Waals surface area contributed by atoms with E-state index in [0.29, 0.717) is 12.1 Å². The highest BCUT2D eigenvalue weighted by Crippen LogP contribution is 2.56. The van der Waals surface area contributed by atoms with Crippen LogP contribution in [-0.4, -0.2) is 48.5 Å². The van der Waals surface area contributed by atoms with E-state index in [4.69, 9.17) is 9.47 Å². The Kier molecular flexibility index (Phi) is 4.95. The molecule has 0 unspecified atom stereocenters. The SMILES string of the molecule is CCOC(=O)C1=C(COC(=O)[C@@]23CCC(=O)N2c2ccccc2S3)NC(=O)NC1. The van der Waals surface area contributed by atoms with Gasteiger partial charge in [0.05, 0.1) is 30.1 Å². The zero-order valence-electron chi connectivity index (χ0n) is 15.6. The van der Waals surface area contributed by atoms with Crippen LogP contribution >= 0.6 is 11.8 Å². The zero-order valence-corrected chi connectivity index (χ0v) is 16.5. The number of para-hydroxylation sites is 1. The Balaban J connectivity index is 1.55. The van der Waals surface area contributed by atoms with Gasteiger partial charge in [0.2, 0.25) is 5.91 Å². The second-order valence-corrected chi connectivity index (χ2v) is 7.96. The largest absolute Gasteiger partial charge is 0.463 e. The molecule has 0 aromatic heterocycles. The lowest BCUT2D eigenvalue weighted by Crippen LogP contribution is -2.49. The first kappa shape index (κ1) is 19.3. The average Bonchev–Trinajstić information content (AvgIpc) is 3.22. The summed E-state index contributed by atoms with van der Waals surface area (Å²) in [6, 6.07) is 6.82. The molecule has 3 aliphatic rings. The van der Waals surface area contributed by atoms with Gasteiger partial charge >= 0.3 is 18.0 Å². The maximum Gasteiger partial charge on any atom is 0.343 e. The lowest BCUT2D eigenvalue weighted by Gasteiger charge is -2.29. The molecule has 1 fully saturated rings. The van der Waals surface area contributed by atoms with Gasteiger partial charge in [-0.1, -0.05) is 23.9 Å². The van der Waals surface area contributed by atoms with Crippen molar-refractivity contribution in [2.75, 3.05) is 24.7 Å². The van der Waals surface area contributed by atoms with Crippen molar-refractivity contribution in [3.05, 3.63) is 35.5 Å². The van der Waals surface area contributed by atoms with Gasteiger partial charge in [0.15, 0.2) is 4.87 Å². The summed E-state index contributed by atoms with van der Waals surface area (Å²) in [5.74, 6) is -1.32. The van der Waals surface area contributed by atoms with Crippen molar-refractivity contribution in [3.63, 3.8) is 0 Å². The highest BCUT2D eigenvalue weighted by Gasteiger charge is 2.58. The number of carbonyl (C=O) groups is 4. The van der Waals surface area contributed by atoms with Gasteiger partial charge in [0.25, 0.3) is 0 Å². The summed E-state index contributed by atoms with van der Waals surface area (Å²) in [6.45, 7) is 1.53. The number of fused-ring (bicyclic) bond motifs is 3. The van der Waals surface area contributed by atoms with Crippen LogP contribution in [0.1, 0.15) is 19.8 Å². The number of hydrogen-bond donors (Lipinski definition) is 2. The van der Waals surface area contributed by atoms with E-state index in [2.05, 4.69) is 10.6 Å². The van der Waals surface area contributed by atoms with E-state index in [1.165, 1.54) is 16.7 Å². The summed E-state index contributed by atoms with van der Waals surface area (Å²) in [6.07, 6.45) is 0.565. The molecule has 3 heterocycles. The maximum atomic E-state index is 13.1. The highest BCUT2D eigenvalue weighted by atomic mass is 32.2. The van der Waals surface area contributed by atoms with Gasteiger partial charge in [-0.2, -0.15) is 0 Å². The number of carbonyl (C=O) groups excluding carboxylic acids is 4. The van der Waals surface area contributed by atoms with Crippen LogP contribution in [0.3, 0.4) is 0 Å². The lowest BCUT2D eigenvalue weighted by molar-refractivity contribution is -0.146. The summed E-state index contributed by atoms with van der Waals surface area (Å²) in [4.78, 5) is 50.5. The molecule has 1 saturated heterocycles. The van der Waals surface area contributed by atoms with E-state index in [1.807, 2.05) is 18.2 Å². The number of anilines is 1. The van der Waals surface area contributed by atoms with Gasteiger partial charge < -0.3 is 20.1 Å². The fourth-order valence-corrected chi connectivity index (χ4v) is 5.00. The molecule has 152 valence electrons. The number of amides is 3. The van der Waals surface area contributed by atoms with Gasteiger partial charge in [-0.3, -0.25) is 9.69 Å². The smallest absolute Gasteiger partial charge is 0.343 e. The Morgan fingerprint density at radius 2 is 2.03 bits per heavy atom. The van der Waals surface area contributed by atoms with Crippen LogP contribution in [-0.2, 0) is 23.9 Å². The van der Waals surface area contributed by atoms with E-state index in [0.717, 1.165) is 4.90 Å². The summed E-state index contributed by atoms with van der Waals surface area (Å²) < 4.78 is 10.5. The van der Waals surface area contributed by atoms with Crippen LogP contribution in [0.5, 0.6) is 0 Å². The van der Waals surface area contributed by atoms with E-state index >= 15 is 0 Å². The molecule has 1 aromatic carbocycles.